The summed E-state index contributed by atoms with van der Waals surface area (Å²) in [6, 6.07) is 4.06. The van der Waals surface area contributed by atoms with E-state index in [2.05, 4.69) is 0 Å². The third kappa shape index (κ3) is 3.19. The SMILES string of the molecule is O=C(O)[C@@H](Cc1ccc(Cl)cc1Cl)N1CCCC1=O. The van der Waals surface area contributed by atoms with Crippen molar-refractivity contribution in [2.75, 3.05) is 6.54 Å². The van der Waals surface area contributed by atoms with Gasteiger partial charge in [-0.3, -0.25) is 4.79 Å². The van der Waals surface area contributed by atoms with Gasteiger partial charge >= 0.3 is 5.97 Å². The van der Waals surface area contributed by atoms with Gasteiger partial charge in [0.15, 0.2) is 0 Å². The second-order valence-corrected chi connectivity index (χ2v) is 5.33. The number of halogens is 2. The van der Waals surface area contributed by atoms with Crippen LogP contribution in [0.1, 0.15) is 18.4 Å². The fourth-order valence-corrected chi connectivity index (χ4v) is 2.71. The maximum Gasteiger partial charge on any atom is 0.326 e. The zero-order valence-corrected chi connectivity index (χ0v) is 11.6. The van der Waals surface area contributed by atoms with Crippen LogP contribution in [0.2, 0.25) is 10.0 Å². The van der Waals surface area contributed by atoms with E-state index < -0.39 is 12.0 Å². The molecule has 0 aliphatic carbocycles. The number of carbonyl (C=O) groups is 2. The highest BCUT2D eigenvalue weighted by atomic mass is 35.5. The van der Waals surface area contributed by atoms with E-state index in [1.54, 1.807) is 18.2 Å². The van der Waals surface area contributed by atoms with E-state index in [9.17, 15) is 14.7 Å². The van der Waals surface area contributed by atoms with Gasteiger partial charge in [-0.15, -0.1) is 0 Å². The van der Waals surface area contributed by atoms with Crippen molar-refractivity contribution in [1.29, 1.82) is 0 Å². The maximum atomic E-state index is 11.7. The number of carboxylic acids is 1. The standard InChI is InChI=1S/C13H13Cl2NO3/c14-9-4-3-8(10(15)7-9)6-11(13(18)19)16-5-1-2-12(16)17/h3-4,7,11H,1-2,5-6H2,(H,18,19)/t11-/m1/s1. The van der Waals surface area contributed by atoms with Gasteiger partial charge < -0.3 is 10.0 Å². The summed E-state index contributed by atoms with van der Waals surface area (Å²) in [4.78, 5) is 24.4. The Morgan fingerprint density at radius 2 is 2.16 bits per heavy atom. The Kier molecular flexibility index (Phi) is 4.32. The van der Waals surface area contributed by atoms with E-state index in [0.717, 1.165) is 0 Å². The Morgan fingerprint density at radius 1 is 1.42 bits per heavy atom. The lowest BCUT2D eigenvalue weighted by molar-refractivity contribution is -0.148. The molecule has 1 atom stereocenters. The molecule has 6 heteroatoms. The Hall–Kier alpha value is -1.26. The van der Waals surface area contributed by atoms with Crippen LogP contribution in [0.3, 0.4) is 0 Å². The smallest absolute Gasteiger partial charge is 0.326 e. The molecule has 1 amide bonds. The van der Waals surface area contributed by atoms with Crippen LogP contribution in [0.5, 0.6) is 0 Å². The summed E-state index contributed by atoms with van der Waals surface area (Å²) in [6.45, 7) is 0.487. The van der Waals surface area contributed by atoms with Gasteiger partial charge in [0.05, 0.1) is 0 Å². The summed E-state index contributed by atoms with van der Waals surface area (Å²) in [5.41, 5.74) is 0.679. The molecule has 1 fully saturated rings. The number of hydrogen-bond donors (Lipinski definition) is 1. The number of rotatable bonds is 4. The second kappa shape index (κ2) is 5.80. The minimum Gasteiger partial charge on any atom is -0.480 e. The summed E-state index contributed by atoms with van der Waals surface area (Å²) in [5, 5.41) is 10.2. The highest BCUT2D eigenvalue weighted by Crippen LogP contribution is 2.24. The van der Waals surface area contributed by atoms with Gasteiger partial charge in [-0.2, -0.15) is 0 Å². The molecule has 1 heterocycles. The Bertz CT molecular complexity index is 519. The Labute approximate surface area is 120 Å². The molecule has 0 aromatic heterocycles. The molecule has 1 aliphatic rings. The van der Waals surface area contributed by atoms with Gasteiger partial charge in [-0.25, -0.2) is 4.79 Å². The summed E-state index contributed by atoms with van der Waals surface area (Å²) < 4.78 is 0. The lowest BCUT2D eigenvalue weighted by atomic mass is 10.0. The monoisotopic (exact) mass is 301 g/mol. The lowest BCUT2D eigenvalue weighted by Crippen LogP contribution is -2.43. The van der Waals surface area contributed by atoms with E-state index in [0.29, 0.717) is 35.0 Å². The minimum absolute atomic E-state index is 0.113. The molecule has 4 nitrogen and oxygen atoms in total. The van der Waals surface area contributed by atoms with E-state index in [1.807, 2.05) is 0 Å². The van der Waals surface area contributed by atoms with Crippen molar-refractivity contribution in [3.63, 3.8) is 0 Å². The molecule has 1 aliphatic heterocycles. The lowest BCUT2D eigenvalue weighted by Gasteiger charge is -2.24. The fourth-order valence-electron chi connectivity index (χ4n) is 2.22. The molecule has 1 N–H and O–H groups in total. The zero-order chi connectivity index (χ0) is 14.0. The summed E-state index contributed by atoms with van der Waals surface area (Å²) in [5.74, 6) is -1.13. The van der Waals surface area contributed by atoms with Gasteiger partial charge in [0.2, 0.25) is 5.91 Å². The highest BCUT2D eigenvalue weighted by molar-refractivity contribution is 6.35. The first-order chi connectivity index (χ1) is 8.99. The van der Waals surface area contributed by atoms with Crippen molar-refractivity contribution in [2.24, 2.45) is 0 Å². The highest BCUT2D eigenvalue weighted by Gasteiger charge is 2.33. The molecule has 1 aromatic carbocycles. The Morgan fingerprint density at radius 3 is 2.68 bits per heavy atom. The first-order valence-electron chi connectivity index (χ1n) is 5.95. The van der Waals surface area contributed by atoms with Crippen LogP contribution < -0.4 is 0 Å². The third-order valence-corrected chi connectivity index (χ3v) is 3.79. The molecule has 2 rings (SSSR count). The van der Waals surface area contributed by atoms with Gasteiger partial charge in [0, 0.05) is 29.4 Å². The first kappa shape index (κ1) is 14.2. The van der Waals surface area contributed by atoms with Crippen LogP contribution in [0.4, 0.5) is 0 Å². The molecule has 19 heavy (non-hydrogen) atoms. The van der Waals surface area contributed by atoms with Gasteiger partial charge in [0.25, 0.3) is 0 Å². The molecule has 1 aromatic rings. The topological polar surface area (TPSA) is 57.6 Å². The van der Waals surface area contributed by atoms with Crippen molar-refractivity contribution in [3.05, 3.63) is 33.8 Å². The molecule has 102 valence electrons. The molecule has 0 unspecified atom stereocenters. The fraction of sp³-hybridized carbons (Fsp3) is 0.385. The number of hydrogen-bond acceptors (Lipinski definition) is 2. The summed E-state index contributed by atoms with van der Waals surface area (Å²) in [6.07, 6.45) is 1.31. The van der Waals surface area contributed by atoms with Gasteiger partial charge in [-0.05, 0) is 24.1 Å². The zero-order valence-electron chi connectivity index (χ0n) is 10.1. The van der Waals surface area contributed by atoms with Crippen molar-refractivity contribution in [2.45, 2.75) is 25.3 Å². The number of likely N-dealkylation sites (tertiary alicyclic amines) is 1. The van der Waals surface area contributed by atoms with Gasteiger partial charge in [-0.1, -0.05) is 29.3 Å². The average molecular weight is 302 g/mol. The summed E-state index contributed by atoms with van der Waals surface area (Å²) in [7, 11) is 0. The number of carbonyl (C=O) groups excluding carboxylic acids is 1. The van der Waals surface area contributed by atoms with E-state index in [1.165, 1.54) is 4.90 Å². The van der Waals surface area contributed by atoms with Crippen molar-refractivity contribution in [3.8, 4) is 0 Å². The van der Waals surface area contributed by atoms with E-state index in [4.69, 9.17) is 23.2 Å². The van der Waals surface area contributed by atoms with Crippen LogP contribution in [-0.2, 0) is 16.0 Å². The number of amides is 1. The largest absolute Gasteiger partial charge is 0.480 e. The van der Waals surface area contributed by atoms with Crippen LogP contribution >= 0.6 is 23.2 Å². The molecule has 0 bridgehead atoms. The average Bonchev–Trinajstić information content (AvgIpc) is 2.74. The van der Waals surface area contributed by atoms with Crippen LogP contribution in [0, 0.1) is 0 Å². The van der Waals surface area contributed by atoms with E-state index in [-0.39, 0.29) is 12.3 Å². The number of aliphatic carboxylic acids is 1. The number of nitrogens with zero attached hydrogens (tertiary/aromatic N) is 1. The summed E-state index contributed by atoms with van der Waals surface area (Å²) >= 11 is 11.8. The predicted octanol–water partition coefficient (Wildman–Crippen LogP) is 2.61. The van der Waals surface area contributed by atoms with Crippen LogP contribution in [-0.4, -0.2) is 34.5 Å². The molecule has 0 saturated carbocycles. The molecule has 0 radical (unpaired) electrons. The van der Waals surface area contributed by atoms with Gasteiger partial charge in [0.1, 0.15) is 6.04 Å². The van der Waals surface area contributed by atoms with Crippen LogP contribution in [0.25, 0.3) is 0 Å². The minimum atomic E-state index is -1.01. The van der Waals surface area contributed by atoms with E-state index >= 15 is 0 Å². The second-order valence-electron chi connectivity index (χ2n) is 4.48. The third-order valence-electron chi connectivity index (χ3n) is 3.20. The van der Waals surface area contributed by atoms with Crippen molar-refractivity contribution in [1.82, 2.24) is 4.90 Å². The molecule has 0 spiro atoms. The number of benzene rings is 1. The molecular weight excluding hydrogens is 289 g/mol. The normalized spacial score (nSPS) is 16.7. The predicted molar refractivity (Wildman–Crippen MR) is 72.5 cm³/mol. The molecule has 1 saturated heterocycles. The quantitative estimate of drug-likeness (QED) is 0.930. The maximum absolute atomic E-state index is 11.7. The first-order valence-corrected chi connectivity index (χ1v) is 6.71. The Balaban J connectivity index is 2.21. The van der Waals surface area contributed by atoms with Crippen molar-refractivity contribution < 1.29 is 14.7 Å². The van der Waals surface area contributed by atoms with Crippen LogP contribution in [0.15, 0.2) is 18.2 Å². The number of carboxylic acid groups (broad SMARTS) is 1. The van der Waals surface area contributed by atoms with Crippen molar-refractivity contribution >= 4 is 35.1 Å². The molecular formula is C13H13Cl2NO3.